The minimum Gasteiger partial charge on any atom is -0.309 e. The van der Waals surface area contributed by atoms with Crippen LogP contribution >= 0.6 is 0 Å². The number of nitrogens with zero attached hydrogens (tertiary/aromatic N) is 3. The van der Waals surface area contributed by atoms with E-state index in [2.05, 4.69) is 0 Å². The Labute approximate surface area is 179 Å². The van der Waals surface area contributed by atoms with Gasteiger partial charge >= 0.3 is 11.1 Å². The molecule has 0 fully saturated rings. The molecule has 3 aromatic rings. The highest BCUT2D eigenvalue weighted by Gasteiger charge is 2.31. The lowest BCUT2D eigenvalue weighted by Gasteiger charge is -2.22. The first-order chi connectivity index (χ1) is 14.6. The smallest absolute Gasteiger partial charge is 0.309 e. The zero-order valence-electron chi connectivity index (χ0n) is 17.5. The molecule has 31 heavy (non-hydrogen) atoms. The van der Waals surface area contributed by atoms with Gasteiger partial charge in [-0.2, -0.15) is 0 Å². The van der Waals surface area contributed by atoms with Gasteiger partial charge in [0.25, 0.3) is 0 Å². The standard InChI is InChI=1S/C22H23N3O5S/c1-14-12-15-6-4-5-7-17(15)25(14)20(26)10-11-31(29,30)16-8-9-18-19(13-16)24(3)22(28)21(27)23(18)2/h4-9,13-14H,10-12H2,1-3H3. The van der Waals surface area contributed by atoms with Gasteiger partial charge in [0, 0.05) is 32.2 Å². The van der Waals surface area contributed by atoms with Crippen LogP contribution in [0.2, 0.25) is 0 Å². The van der Waals surface area contributed by atoms with Crippen LogP contribution in [0, 0.1) is 0 Å². The van der Waals surface area contributed by atoms with Crippen LogP contribution in [0.4, 0.5) is 5.69 Å². The van der Waals surface area contributed by atoms with Crippen LogP contribution in [0.15, 0.2) is 56.9 Å². The molecule has 9 heteroatoms. The minimum absolute atomic E-state index is 0.0105. The maximum Gasteiger partial charge on any atom is 0.316 e. The molecule has 0 saturated carbocycles. The van der Waals surface area contributed by atoms with Crippen molar-refractivity contribution < 1.29 is 13.2 Å². The normalized spacial score (nSPS) is 16.0. The number of hydrogen-bond donors (Lipinski definition) is 0. The van der Waals surface area contributed by atoms with Crippen LogP contribution in [-0.4, -0.2) is 35.3 Å². The minimum atomic E-state index is -3.77. The summed E-state index contributed by atoms with van der Waals surface area (Å²) in [6, 6.07) is 11.9. The monoisotopic (exact) mass is 441 g/mol. The highest BCUT2D eigenvalue weighted by molar-refractivity contribution is 7.91. The Hall–Kier alpha value is -3.20. The first kappa shape index (κ1) is 21.0. The molecular weight excluding hydrogens is 418 g/mol. The highest BCUT2D eigenvalue weighted by Crippen LogP contribution is 2.32. The molecule has 1 aliphatic heterocycles. The molecule has 0 radical (unpaired) electrons. The van der Waals surface area contributed by atoms with Crippen LogP contribution in [-0.2, 0) is 35.1 Å². The maximum atomic E-state index is 12.9. The average molecular weight is 442 g/mol. The van der Waals surface area contributed by atoms with Crippen LogP contribution < -0.4 is 16.0 Å². The number of aryl methyl sites for hydroxylation is 2. The molecule has 2 aromatic carbocycles. The van der Waals surface area contributed by atoms with Crippen molar-refractivity contribution in [3.8, 4) is 0 Å². The molecular formula is C22H23N3O5S. The maximum absolute atomic E-state index is 12.9. The summed E-state index contributed by atoms with van der Waals surface area (Å²) in [6.07, 6.45) is 0.595. The van der Waals surface area contributed by atoms with Crippen molar-refractivity contribution in [1.82, 2.24) is 9.13 Å². The number of anilines is 1. The number of rotatable bonds is 4. The van der Waals surface area contributed by atoms with E-state index in [1.165, 1.54) is 36.9 Å². The molecule has 1 amide bonds. The van der Waals surface area contributed by atoms with Gasteiger partial charge in [0.1, 0.15) is 0 Å². The van der Waals surface area contributed by atoms with E-state index in [-0.39, 0.29) is 29.0 Å². The number of fused-ring (bicyclic) bond motifs is 2. The van der Waals surface area contributed by atoms with Gasteiger partial charge in [-0.3, -0.25) is 14.4 Å². The summed E-state index contributed by atoms with van der Waals surface area (Å²) in [5.41, 5.74) is 1.27. The first-order valence-corrected chi connectivity index (χ1v) is 11.6. The van der Waals surface area contributed by atoms with Crippen molar-refractivity contribution >= 4 is 32.5 Å². The topological polar surface area (TPSA) is 98.5 Å². The Morgan fingerprint density at radius 2 is 1.65 bits per heavy atom. The Balaban J connectivity index is 1.61. The van der Waals surface area contributed by atoms with Crippen LogP contribution in [0.25, 0.3) is 11.0 Å². The van der Waals surface area contributed by atoms with Gasteiger partial charge in [0.2, 0.25) is 5.91 Å². The molecule has 8 nitrogen and oxygen atoms in total. The summed E-state index contributed by atoms with van der Waals surface area (Å²) in [7, 11) is -0.879. The van der Waals surface area contributed by atoms with Crippen LogP contribution in [0.5, 0.6) is 0 Å². The van der Waals surface area contributed by atoms with E-state index < -0.39 is 21.0 Å². The van der Waals surface area contributed by atoms with Crippen molar-refractivity contribution in [3.05, 3.63) is 68.7 Å². The molecule has 0 N–H and O–H groups in total. The predicted octanol–water partition coefficient (Wildman–Crippen LogP) is 1.38. The van der Waals surface area contributed by atoms with E-state index in [9.17, 15) is 22.8 Å². The quantitative estimate of drug-likeness (QED) is 0.570. The zero-order chi connectivity index (χ0) is 22.5. The summed E-state index contributed by atoms with van der Waals surface area (Å²) in [6.45, 7) is 1.94. The molecule has 0 bridgehead atoms. The fourth-order valence-electron chi connectivity index (χ4n) is 4.16. The molecule has 1 unspecified atom stereocenters. The Morgan fingerprint density at radius 3 is 2.35 bits per heavy atom. The molecule has 2 heterocycles. The van der Waals surface area contributed by atoms with Crippen molar-refractivity contribution in [2.75, 3.05) is 10.7 Å². The summed E-state index contributed by atoms with van der Waals surface area (Å²) in [4.78, 5) is 38.6. The van der Waals surface area contributed by atoms with Crippen molar-refractivity contribution in [2.24, 2.45) is 14.1 Å². The number of carbonyl (C=O) groups excluding carboxylic acids is 1. The summed E-state index contributed by atoms with van der Waals surface area (Å²) in [5.74, 6) is -0.584. The fraction of sp³-hybridized carbons (Fsp3) is 0.318. The molecule has 0 spiro atoms. The van der Waals surface area contributed by atoms with E-state index in [1.807, 2.05) is 31.2 Å². The Morgan fingerprint density at radius 1 is 1.00 bits per heavy atom. The lowest BCUT2D eigenvalue weighted by Crippen LogP contribution is -2.39. The summed E-state index contributed by atoms with van der Waals surface area (Å²) >= 11 is 0. The number of para-hydroxylation sites is 1. The lowest BCUT2D eigenvalue weighted by molar-refractivity contribution is -0.118. The molecule has 1 aromatic heterocycles. The van der Waals surface area contributed by atoms with Crippen molar-refractivity contribution in [2.45, 2.75) is 30.7 Å². The number of hydrogen-bond acceptors (Lipinski definition) is 5. The van der Waals surface area contributed by atoms with E-state index in [1.54, 1.807) is 4.90 Å². The van der Waals surface area contributed by atoms with Gasteiger partial charge in [0.05, 0.1) is 21.7 Å². The molecule has 1 aliphatic rings. The number of sulfone groups is 1. The number of benzene rings is 2. The largest absolute Gasteiger partial charge is 0.316 e. The van der Waals surface area contributed by atoms with E-state index in [0.717, 1.165) is 22.2 Å². The lowest BCUT2D eigenvalue weighted by atomic mass is 10.1. The molecule has 162 valence electrons. The first-order valence-electron chi connectivity index (χ1n) is 9.94. The third kappa shape index (κ3) is 3.48. The van der Waals surface area contributed by atoms with Crippen molar-refractivity contribution in [3.63, 3.8) is 0 Å². The van der Waals surface area contributed by atoms with Crippen LogP contribution in [0.3, 0.4) is 0 Å². The number of carbonyl (C=O) groups is 1. The fourth-order valence-corrected chi connectivity index (χ4v) is 5.41. The summed E-state index contributed by atoms with van der Waals surface area (Å²) < 4.78 is 28.2. The average Bonchev–Trinajstić information content (AvgIpc) is 3.10. The highest BCUT2D eigenvalue weighted by atomic mass is 32.2. The van der Waals surface area contributed by atoms with E-state index in [0.29, 0.717) is 11.0 Å². The third-order valence-corrected chi connectivity index (χ3v) is 7.60. The molecule has 1 atom stereocenters. The van der Waals surface area contributed by atoms with Gasteiger partial charge in [-0.25, -0.2) is 8.42 Å². The van der Waals surface area contributed by atoms with Crippen LogP contribution in [0.1, 0.15) is 18.9 Å². The third-order valence-electron chi connectivity index (χ3n) is 5.88. The van der Waals surface area contributed by atoms with Gasteiger partial charge in [0.15, 0.2) is 9.84 Å². The molecule has 4 rings (SSSR count). The van der Waals surface area contributed by atoms with Gasteiger partial charge in [-0.1, -0.05) is 18.2 Å². The molecule has 0 saturated heterocycles. The van der Waals surface area contributed by atoms with E-state index >= 15 is 0 Å². The molecule has 0 aliphatic carbocycles. The number of amides is 1. The van der Waals surface area contributed by atoms with Crippen molar-refractivity contribution in [1.29, 1.82) is 0 Å². The Kier molecular flexibility index (Phi) is 5.09. The number of aromatic nitrogens is 2. The van der Waals surface area contributed by atoms with Gasteiger partial charge in [-0.15, -0.1) is 0 Å². The second-order valence-electron chi connectivity index (χ2n) is 7.89. The second-order valence-corrected chi connectivity index (χ2v) is 10.0. The van der Waals surface area contributed by atoms with Gasteiger partial charge in [-0.05, 0) is 43.2 Å². The summed E-state index contributed by atoms with van der Waals surface area (Å²) in [5, 5.41) is 0. The zero-order valence-corrected chi connectivity index (χ0v) is 18.3. The van der Waals surface area contributed by atoms with E-state index in [4.69, 9.17) is 0 Å². The Bertz CT molecular complexity index is 1440. The van der Waals surface area contributed by atoms with Gasteiger partial charge < -0.3 is 14.0 Å². The predicted molar refractivity (Wildman–Crippen MR) is 118 cm³/mol. The SMILES string of the molecule is CC1Cc2ccccc2N1C(=O)CCS(=O)(=O)c1ccc2c(c1)n(C)c(=O)c(=O)n2C. The second kappa shape index (κ2) is 7.49.